The first kappa shape index (κ1) is 19.1. The number of benzene rings is 1. The minimum atomic E-state index is -0.323. The van der Waals surface area contributed by atoms with Gasteiger partial charge in [-0.25, -0.2) is 9.79 Å². The zero-order chi connectivity index (χ0) is 19.7. The van der Waals surface area contributed by atoms with Crippen molar-refractivity contribution in [3.63, 3.8) is 0 Å². The van der Waals surface area contributed by atoms with Crippen molar-refractivity contribution in [1.82, 2.24) is 4.90 Å². The minimum Gasteiger partial charge on any atom is -0.463 e. The van der Waals surface area contributed by atoms with E-state index in [1.807, 2.05) is 38.1 Å². The highest BCUT2D eigenvalue weighted by Gasteiger charge is 2.38. The van der Waals surface area contributed by atoms with Crippen LogP contribution in [0.4, 0.5) is 5.69 Å². The van der Waals surface area contributed by atoms with Crippen molar-refractivity contribution in [3.05, 3.63) is 41.1 Å². The third-order valence-electron chi connectivity index (χ3n) is 5.17. The van der Waals surface area contributed by atoms with Crippen molar-refractivity contribution in [2.45, 2.75) is 39.2 Å². The Labute approximate surface area is 169 Å². The van der Waals surface area contributed by atoms with Crippen LogP contribution in [0, 0.1) is 5.92 Å². The van der Waals surface area contributed by atoms with E-state index in [0.29, 0.717) is 17.9 Å². The molecule has 28 heavy (non-hydrogen) atoms. The van der Waals surface area contributed by atoms with Crippen molar-refractivity contribution in [2.75, 3.05) is 24.2 Å². The number of fused-ring (bicyclic) bond motifs is 1. The third kappa shape index (κ3) is 3.81. The van der Waals surface area contributed by atoms with Crippen LogP contribution >= 0.6 is 11.8 Å². The van der Waals surface area contributed by atoms with E-state index in [-0.39, 0.29) is 23.8 Å². The van der Waals surface area contributed by atoms with Gasteiger partial charge in [-0.15, -0.1) is 0 Å². The molecule has 4 rings (SSSR count). The molecule has 1 saturated carbocycles. The topological polar surface area (TPSA) is 71.0 Å². The molecule has 1 saturated heterocycles. The van der Waals surface area contributed by atoms with Crippen LogP contribution in [0.5, 0.6) is 0 Å². The zero-order valence-corrected chi connectivity index (χ0v) is 17.1. The maximum absolute atomic E-state index is 12.8. The lowest BCUT2D eigenvalue weighted by Gasteiger charge is -2.40. The van der Waals surface area contributed by atoms with E-state index < -0.39 is 0 Å². The largest absolute Gasteiger partial charge is 0.463 e. The van der Waals surface area contributed by atoms with Gasteiger partial charge in [0.25, 0.3) is 0 Å². The predicted octanol–water partition coefficient (Wildman–Crippen LogP) is 3.72. The number of carbonyl (C=O) groups excluding carboxylic acids is 2. The van der Waals surface area contributed by atoms with Gasteiger partial charge < -0.3 is 15.0 Å². The molecule has 0 spiro atoms. The van der Waals surface area contributed by atoms with Crippen LogP contribution in [0.15, 0.2) is 40.5 Å². The van der Waals surface area contributed by atoms with E-state index in [1.165, 1.54) is 0 Å². The summed E-state index contributed by atoms with van der Waals surface area (Å²) in [5.74, 6) is 0.930. The van der Waals surface area contributed by atoms with Gasteiger partial charge in [0.05, 0.1) is 23.9 Å². The van der Waals surface area contributed by atoms with E-state index in [4.69, 9.17) is 4.74 Å². The van der Waals surface area contributed by atoms with Gasteiger partial charge in [0.1, 0.15) is 0 Å². The number of anilines is 1. The van der Waals surface area contributed by atoms with Gasteiger partial charge >= 0.3 is 5.97 Å². The Hall–Kier alpha value is -2.28. The van der Waals surface area contributed by atoms with Crippen LogP contribution in [-0.4, -0.2) is 40.8 Å². The fourth-order valence-electron chi connectivity index (χ4n) is 3.66. The lowest BCUT2D eigenvalue weighted by atomic mass is 9.94. The van der Waals surface area contributed by atoms with Gasteiger partial charge in [0.15, 0.2) is 5.17 Å². The van der Waals surface area contributed by atoms with Gasteiger partial charge in [0, 0.05) is 23.9 Å². The molecule has 0 bridgehead atoms. The lowest BCUT2D eigenvalue weighted by molar-refractivity contribution is -0.139. The number of nitrogens with zero attached hydrogens (tertiary/aromatic N) is 2. The molecule has 0 unspecified atom stereocenters. The first-order chi connectivity index (χ1) is 13.6. The summed E-state index contributed by atoms with van der Waals surface area (Å²) in [4.78, 5) is 31.8. The molecule has 2 aliphatic heterocycles. The first-order valence-electron chi connectivity index (χ1n) is 9.85. The normalized spacial score (nSPS) is 21.7. The molecular weight excluding hydrogens is 374 g/mol. The fraction of sp³-hybridized carbons (Fsp3) is 0.476. The minimum absolute atomic E-state index is 0.0777. The Balaban J connectivity index is 1.70. The number of amides is 1. The number of rotatable bonds is 5. The monoisotopic (exact) mass is 399 g/mol. The molecular formula is C21H25N3O3S. The van der Waals surface area contributed by atoms with Crippen molar-refractivity contribution >= 4 is 34.5 Å². The van der Waals surface area contributed by atoms with Crippen molar-refractivity contribution < 1.29 is 14.3 Å². The van der Waals surface area contributed by atoms with Gasteiger partial charge in [-0.1, -0.05) is 23.9 Å². The number of aliphatic imine (C=N–C) groups is 1. The zero-order valence-electron chi connectivity index (χ0n) is 16.2. The molecule has 1 N–H and O–H groups in total. The Kier molecular flexibility index (Phi) is 5.44. The van der Waals surface area contributed by atoms with Crippen LogP contribution in [0.1, 0.15) is 44.7 Å². The van der Waals surface area contributed by atoms with Crippen LogP contribution < -0.4 is 5.32 Å². The summed E-state index contributed by atoms with van der Waals surface area (Å²) in [5, 5.41) is 3.96. The summed E-state index contributed by atoms with van der Waals surface area (Å²) < 4.78 is 5.35. The van der Waals surface area contributed by atoms with Crippen molar-refractivity contribution in [1.29, 1.82) is 0 Å². The van der Waals surface area contributed by atoms with Gasteiger partial charge in [-0.05, 0) is 50.8 Å². The average molecular weight is 400 g/mol. The molecule has 2 heterocycles. The maximum Gasteiger partial charge on any atom is 0.338 e. The lowest BCUT2D eigenvalue weighted by Crippen LogP contribution is -2.42. The number of amidine groups is 1. The van der Waals surface area contributed by atoms with Crippen LogP contribution in [0.2, 0.25) is 0 Å². The van der Waals surface area contributed by atoms with Crippen molar-refractivity contribution in [3.8, 4) is 0 Å². The molecule has 1 amide bonds. The van der Waals surface area contributed by atoms with E-state index in [2.05, 4.69) is 15.2 Å². The van der Waals surface area contributed by atoms with Gasteiger partial charge in [-0.3, -0.25) is 4.79 Å². The van der Waals surface area contributed by atoms with E-state index in [1.54, 1.807) is 11.8 Å². The highest BCUT2D eigenvalue weighted by atomic mass is 32.2. The highest BCUT2D eigenvalue weighted by molar-refractivity contribution is 8.13. The standard InChI is InChI=1S/C21H25N3O3S/c1-3-27-20(26)17-13(2)22-21-24(10-5-11-28-21)18(17)15-6-4-7-16(12-15)23-19(25)14-8-9-14/h4,6-7,12,14,18H,3,5,8-11H2,1-2H3,(H,23,25)/t18-/m0/s1. The molecule has 0 radical (unpaired) electrons. The van der Waals surface area contributed by atoms with E-state index in [9.17, 15) is 9.59 Å². The summed E-state index contributed by atoms with van der Waals surface area (Å²) in [5.41, 5.74) is 3.02. The summed E-state index contributed by atoms with van der Waals surface area (Å²) in [6.07, 6.45) is 2.97. The second-order valence-electron chi connectivity index (χ2n) is 7.30. The summed E-state index contributed by atoms with van der Waals surface area (Å²) in [7, 11) is 0. The molecule has 3 aliphatic rings. The summed E-state index contributed by atoms with van der Waals surface area (Å²) >= 11 is 1.72. The number of hydrogen-bond acceptors (Lipinski definition) is 6. The molecule has 1 aliphatic carbocycles. The summed E-state index contributed by atoms with van der Waals surface area (Å²) in [6, 6.07) is 7.55. The van der Waals surface area contributed by atoms with Gasteiger partial charge in [0.2, 0.25) is 5.91 Å². The maximum atomic E-state index is 12.8. The summed E-state index contributed by atoms with van der Waals surface area (Å²) in [6.45, 7) is 4.85. The Morgan fingerprint density at radius 3 is 2.93 bits per heavy atom. The van der Waals surface area contributed by atoms with Crippen LogP contribution in [0.3, 0.4) is 0 Å². The number of ether oxygens (including phenoxy) is 1. The quantitative estimate of drug-likeness (QED) is 0.764. The molecule has 2 fully saturated rings. The number of esters is 1. The van der Waals surface area contributed by atoms with Gasteiger partial charge in [-0.2, -0.15) is 0 Å². The van der Waals surface area contributed by atoms with Crippen LogP contribution in [-0.2, 0) is 14.3 Å². The Morgan fingerprint density at radius 2 is 2.18 bits per heavy atom. The SMILES string of the molecule is CCOC(=O)C1=C(C)N=C2SCCCN2[C@H]1c1cccc(NC(=O)C2CC2)c1. The predicted molar refractivity (Wildman–Crippen MR) is 111 cm³/mol. The smallest absolute Gasteiger partial charge is 0.338 e. The fourth-order valence-corrected chi connectivity index (χ4v) is 4.68. The molecule has 7 heteroatoms. The molecule has 148 valence electrons. The molecule has 1 aromatic carbocycles. The number of carbonyl (C=O) groups is 2. The van der Waals surface area contributed by atoms with Crippen LogP contribution in [0.25, 0.3) is 0 Å². The molecule has 0 aromatic heterocycles. The molecule has 1 atom stereocenters. The Bertz CT molecular complexity index is 860. The third-order valence-corrected chi connectivity index (χ3v) is 6.25. The average Bonchev–Trinajstić information content (AvgIpc) is 3.52. The second kappa shape index (κ2) is 7.99. The van der Waals surface area contributed by atoms with Crippen molar-refractivity contribution in [2.24, 2.45) is 10.9 Å². The number of hydrogen-bond donors (Lipinski definition) is 1. The van der Waals surface area contributed by atoms with E-state index in [0.717, 1.165) is 48.0 Å². The number of thioether (sulfide) groups is 1. The molecule has 1 aromatic rings. The van der Waals surface area contributed by atoms with E-state index >= 15 is 0 Å². The first-order valence-corrected chi connectivity index (χ1v) is 10.8. The number of allylic oxidation sites excluding steroid dienone is 1. The molecule has 6 nitrogen and oxygen atoms in total. The highest BCUT2D eigenvalue weighted by Crippen LogP contribution is 2.40. The second-order valence-corrected chi connectivity index (χ2v) is 8.36. The number of nitrogens with one attached hydrogen (secondary N) is 1. The Morgan fingerprint density at radius 1 is 1.36 bits per heavy atom.